The van der Waals surface area contributed by atoms with Crippen molar-refractivity contribution in [1.82, 2.24) is 20.1 Å². The molecule has 3 aromatic rings. The molecule has 1 aliphatic carbocycles. The summed E-state index contributed by atoms with van der Waals surface area (Å²) in [4.78, 5) is 33.5. The van der Waals surface area contributed by atoms with Crippen LogP contribution in [-0.2, 0) is 37.1 Å². The van der Waals surface area contributed by atoms with Crippen LogP contribution in [0.4, 0.5) is 4.79 Å². The summed E-state index contributed by atoms with van der Waals surface area (Å²) in [6.07, 6.45) is 2.18. The highest BCUT2D eigenvalue weighted by Gasteiger charge is 2.54. The lowest BCUT2D eigenvalue weighted by molar-refractivity contribution is -0.125. The van der Waals surface area contributed by atoms with Gasteiger partial charge in [-0.15, -0.1) is 0 Å². The fourth-order valence-electron chi connectivity index (χ4n) is 5.37. The molecule has 3 amide bonds. The number of nitrogens with zero attached hydrogens (tertiary/aromatic N) is 3. The molecule has 2 aromatic carbocycles. The van der Waals surface area contributed by atoms with Crippen LogP contribution < -0.4 is 5.32 Å². The van der Waals surface area contributed by atoms with E-state index in [9.17, 15) is 9.59 Å². The summed E-state index contributed by atoms with van der Waals surface area (Å²) in [7, 11) is 1.71. The molecule has 6 rings (SSSR count). The van der Waals surface area contributed by atoms with E-state index in [4.69, 9.17) is 4.98 Å². The number of urea groups is 1. The lowest BCUT2D eigenvalue weighted by Crippen LogP contribution is -2.48. The van der Waals surface area contributed by atoms with Crippen molar-refractivity contribution in [1.29, 1.82) is 0 Å². The predicted molar refractivity (Wildman–Crippen MR) is 117 cm³/mol. The summed E-state index contributed by atoms with van der Waals surface area (Å²) in [5.74, 6) is -0.195. The molecular weight excluding hydrogens is 388 g/mol. The molecule has 6 nitrogen and oxygen atoms in total. The summed E-state index contributed by atoms with van der Waals surface area (Å²) < 4.78 is 0. The average Bonchev–Trinajstić information content (AvgIpc) is 3.24. The second kappa shape index (κ2) is 6.62. The Bertz CT molecular complexity index is 1250. The third-order valence-corrected chi connectivity index (χ3v) is 7.22. The van der Waals surface area contributed by atoms with E-state index in [-0.39, 0.29) is 11.9 Å². The van der Waals surface area contributed by atoms with Crippen molar-refractivity contribution >= 4 is 22.8 Å². The molecule has 0 saturated carbocycles. The van der Waals surface area contributed by atoms with Crippen LogP contribution in [0.5, 0.6) is 0 Å². The van der Waals surface area contributed by atoms with E-state index in [0.717, 1.165) is 53.8 Å². The lowest BCUT2D eigenvalue weighted by atomic mass is 9.95. The van der Waals surface area contributed by atoms with E-state index in [2.05, 4.69) is 58.7 Å². The summed E-state index contributed by atoms with van der Waals surface area (Å²) in [6.45, 7) is 2.82. The Morgan fingerprint density at radius 2 is 1.77 bits per heavy atom. The minimum Gasteiger partial charge on any atom is -0.312 e. The second-order valence-corrected chi connectivity index (χ2v) is 9.05. The zero-order valence-corrected chi connectivity index (χ0v) is 17.5. The molecule has 1 aromatic heterocycles. The number of fused-ring (bicyclic) bond motifs is 3. The van der Waals surface area contributed by atoms with E-state index in [1.54, 1.807) is 11.9 Å². The number of aromatic nitrogens is 1. The van der Waals surface area contributed by atoms with Gasteiger partial charge in [0.25, 0.3) is 5.91 Å². The molecule has 6 heteroatoms. The number of likely N-dealkylation sites (N-methyl/N-ethyl adjacent to an activating group) is 1. The number of nitrogens with one attached hydrogen (secondary N) is 1. The Balaban J connectivity index is 1.27. The van der Waals surface area contributed by atoms with Gasteiger partial charge < -0.3 is 4.90 Å². The first-order valence-electron chi connectivity index (χ1n) is 10.8. The molecule has 1 N–H and O–H groups in total. The van der Waals surface area contributed by atoms with Crippen molar-refractivity contribution in [2.45, 2.75) is 37.9 Å². The quantitative estimate of drug-likeness (QED) is 0.658. The Labute approximate surface area is 180 Å². The van der Waals surface area contributed by atoms with Gasteiger partial charge in [0.1, 0.15) is 5.54 Å². The highest BCUT2D eigenvalue weighted by atomic mass is 16.2. The van der Waals surface area contributed by atoms with Gasteiger partial charge in [-0.2, -0.15) is 0 Å². The van der Waals surface area contributed by atoms with E-state index in [1.165, 1.54) is 11.1 Å². The SMILES string of the molecule is CN1C(=O)NC(=O)C12Cc1cc3ccc(CN4CCc5ccccc5C4)nc3cc1C2. The van der Waals surface area contributed by atoms with Gasteiger partial charge in [-0.05, 0) is 46.9 Å². The molecule has 1 saturated heterocycles. The van der Waals surface area contributed by atoms with Gasteiger partial charge in [0.05, 0.1) is 11.2 Å². The molecule has 1 atom stereocenters. The van der Waals surface area contributed by atoms with Crippen molar-refractivity contribution in [2.24, 2.45) is 0 Å². The maximum absolute atomic E-state index is 12.5. The number of imide groups is 1. The van der Waals surface area contributed by atoms with Crippen LogP contribution in [-0.4, -0.2) is 45.9 Å². The van der Waals surface area contributed by atoms with Crippen molar-refractivity contribution in [3.63, 3.8) is 0 Å². The number of carbonyl (C=O) groups excluding carboxylic acids is 2. The van der Waals surface area contributed by atoms with Crippen molar-refractivity contribution in [3.8, 4) is 0 Å². The first-order chi connectivity index (χ1) is 15.0. The molecule has 31 heavy (non-hydrogen) atoms. The molecule has 1 spiro atoms. The largest absolute Gasteiger partial charge is 0.324 e. The van der Waals surface area contributed by atoms with Gasteiger partial charge >= 0.3 is 6.03 Å². The Morgan fingerprint density at radius 1 is 1.00 bits per heavy atom. The van der Waals surface area contributed by atoms with Crippen LogP contribution in [0, 0.1) is 0 Å². The van der Waals surface area contributed by atoms with Gasteiger partial charge in [0, 0.05) is 44.9 Å². The highest BCUT2D eigenvalue weighted by molar-refractivity contribution is 6.07. The molecule has 1 fully saturated rings. The molecule has 3 heterocycles. The Hall–Kier alpha value is -3.25. The fourth-order valence-corrected chi connectivity index (χ4v) is 5.37. The van der Waals surface area contributed by atoms with Gasteiger partial charge in [0.2, 0.25) is 0 Å². The summed E-state index contributed by atoms with van der Waals surface area (Å²) >= 11 is 0. The van der Waals surface area contributed by atoms with Crippen molar-refractivity contribution < 1.29 is 9.59 Å². The molecule has 3 aliphatic rings. The molecule has 1 unspecified atom stereocenters. The normalized spacial score (nSPS) is 22.8. The number of pyridine rings is 1. The predicted octanol–water partition coefficient (Wildman–Crippen LogP) is 2.81. The second-order valence-electron chi connectivity index (χ2n) is 9.05. The number of carbonyl (C=O) groups is 2. The van der Waals surface area contributed by atoms with Gasteiger partial charge in [-0.25, -0.2) is 4.79 Å². The topological polar surface area (TPSA) is 65.5 Å². The Kier molecular flexibility index (Phi) is 3.96. The molecule has 0 radical (unpaired) electrons. The van der Waals surface area contributed by atoms with E-state index in [1.807, 2.05) is 0 Å². The monoisotopic (exact) mass is 412 g/mol. The number of benzene rings is 2. The van der Waals surface area contributed by atoms with E-state index < -0.39 is 5.54 Å². The third-order valence-electron chi connectivity index (χ3n) is 7.22. The third kappa shape index (κ3) is 2.86. The first kappa shape index (κ1) is 18.5. The summed E-state index contributed by atoms with van der Waals surface area (Å²) in [5.41, 5.74) is 6.33. The van der Waals surface area contributed by atoms with Gasteiger partial charge in [-0.1, -0.05) is 30.3 Å². The van der Waals surface area contributed by atoms with Crippen molar-refractivity contribution in [3.05, 3.63) is 76.5 Å². The minimum atomic E-state index is -0.791. The molecule has 2 aliphatic heterocycles. The maximum Gasteiger partial charge on any atom is 0.324 e. The molecule has 156 valence electrons. The summed E-state index contributed by atoms with van der Waals surface area (Å²) in [6, 6.07) is 16.8. The smallest absolute Gasteiger partial charge is 0.312 e. The van der Waals surface area contributed by atoms with Crippen LogP contribution in [0.1, 0.15) is 27.9 Å². The van der Waals surface area contributed by atoms with Crippen LogP contribution in [0.3, 0.4) is 0 Å². The van der Waals surface area contributed by atoms with E-state index in [0.29, 0.717) is 12.8 Å². The number of hydrogen-bond donors (Lipinski definition) is 1. The standard InChI is InChI=1S/C25H24N4O2/c1-28-24(31)27-23(30)25(28)12-19-10-17-6-7-21(26-22(17)11-20(19)13-25)15-29-9-8-16-4-2-3-5-18(16)14-29/h2-7,10-11H,8-9,12-15H2,1H3,(H,27,30,31). The van der Waals surface area contributed by atoms with Crippen molar-refractivity contribution in [2.75, 3.05) is 13.6 Å². The lowest BCUT2D eigenvalue weighted by Gasteiger charge is -2.28. The fraction of sp³-hybridized carbons (Fsp3) is 0.320. The zero-order chi connectivity index (χ0) is 21.2. The number of amides is 3. The van der Waals surface area contributed by atoms with Gasteiger partial charge in [-0.3, -0.25) is 20.0 Å². The average molecular weight is 412 g/mol. The maximum atomic E-state index is 12.5. The van der Waals surface area contributed by atoms with Crippen LogP contribution in [0.15, 0.2) is 48.5 Å². The number of hydrogen-bond acceptors (Lipinski definition) is 4. The van der Waals surface area contributed by atoms with Crippen LogP contribution >= 0.6 is 0 Å². The van der Waals surface area contributed by atoms with Gasteiger partial charge in [0.15, 0.2) is 0 Å². The van der Waals surface area contributed by atoms with Crippen LogP contribution in [0.2, 0.25) is 0 Å². The Morgan fingerprint density at radius 3 is 2.55 bits per heavy atom. The summed E-state index contributed by atoms with van der Waals surface area (Å²) in [5, 5.41) is 3.54. The highest BCUT2D eigenvalue weighted by Crippen LogP contribution is 2.38. The molecular formula is C25H24N4O2. The molecule has 0 bridgehead atoms. The number of rotatable bonds is 2. The zero-order valence-electron chi connectivity index (χ0n) is 17.5. The minimum absolute atomic E-state index is 0.195. The first-order valence-corrected chi connectivity index (χ1v) is 10.8. The van der Waals surface area contributed by atoms with E-state index >= 15 is 0 Å². The van der Waals surface area contributed by atoms with Crippen LogP contribution in [0.25, 0.3) is 10.9 Å².